The van der Waals surface area contributed by atoms with Crippen molar-refractivity contribution in [2.45, 2.75) is 65.2 Å². The Morgan fingerprint density at radius 3 is 2.23 bits per heavy atom. The number of benzene rings is 1. The van der Waals surface area contributed by atoms with Gasteiger partial charge in [-0.05, 0) is 41.9 Å². The van der Waals surface area contributed by atoms with Crippen molar-refractivity contribution >= 4 is 17.6 Å². The van der Waals surface area contributed by atoms with Gasteiger partial charge in [-0.3, -0.25) is 9.59 Å². The van der Waals surface area contributed by atoms with E-state index < -0.39 is 5.97 Å². The zero-order valence-corrected chi connectivity index (χ0v) is 14.0. The minimum atomic E-state index is -0.813. The highest BCUT2D eigenvalue weighted by molar-refractivity contribution is 5.91. The first-order chi connectivity index (χ1) is 10.3. The first-order valence-electron chi connectivity index (χ1n) is 7.96. The maximum Gasteiger partial charge on any atom is 0.303 e. The fourth-order valence-corrected chi connectivity index (χ4v) is 2.31. The first kappa shape index (κ1) is 18.2. The van der Waals surface area contributed by atoms with Gasteiger partial charge in [-0.25, -0.2) is 0 Å². The van der Waals surface area contributed by atoms with E-state index in [1.165, 1.54) is 5.56 Å². The van der Waals surface area contributed by atoms with Crippen LogP contribution in [0.5, 0.6) is 0 Å². The number of amides is 1. The largest absolute Gasteiger partial charge is 0.481 e. The summed E-state index contributed by atoms with van der Waals surface area (Å²) in [6, 6.07) is 6.19. The van der Waals surface area contributed by atoms with Crippen LogP contribution in [0.3, 0.4) is 0 Å². The molecule has 0 saturated heterocycles. The average molecular weight is 305 g/mol. The predicted molar refractivity (Wildman–Crippen MR) is 89.4 cm³/mol. The van der Waals surface area contributed by atoms with Gasteiger partial charge in [0.25, 0.3) is 0 Å². The second-order valence-electron chi connectivity index (χ2n) is 6.31. The van der Waals surface area contributed by atoms with Crippen LogP contribution in [-0.2, 0) is 9.59 Å². The van der Waals surface area contributed by atoms with Crippen molar-refractivity contribution in [3.63, 3.8) is 0 Å². The Morgan fingerprint density at radius 1 is 1.05 bits per heavy atom. The van der Waals surface area contributed by atoms with Crippen LogP contribution in [0.2, 0.25) is 0 Å². The monoisotopic (exact) mass is 305 g/mol. The number of hydrogen-bond acceptors (Lipinski definition) is 2. The lowest BCUT2D eigenvalue weighted by molar-refractivity contribution is -0.137. The van der Waals surface area contributed by atoms with Crippen LogP contribution in [0.25, 0.3) is 0 Å². The van der Waals surface area contributed by atoms with E-state index in [0.717, 1.165) is 11.3 Å². The smallest absolute Gasteiger partial charge is 0.303 e. The number of aliphatic carboxylic acids is 1. The van der Waals surface area contributed by atoms with Gasteiger partial charge in [0.15, 0.2) is 0 Å². The maximum atomic E-state index is 12.0. The number of carbonyl (C=O) groups excluding carboxylic acids is 1. The van der Waals surface area contributed by atoms with E-state index in [4.69, 9.17) is 5.11 Å². The lowest BCUT2D eigenvalue weighted by Gasteiger charge is -2.17. The highest BCUT2D eigenvalue weighted by atomic mass is 16.4. The van der Waals surface area contributed by atoms with Crippen molar-refractivity contribution in [3.05, 3.63) is 29.3 Å². The maximum absolute atomic E-state index is 12.0. The number of rotatable bonds is 8. The van der Waals surface area contributed by atoms with Gasteiger partial charge < -0.3 is 10.4 Å². The van der Waals surface area contributed by atoms with Crippen molar-refractivity contribution in [2.24, 2.45) is 0 Å². The van der Waals surface area contributed by atoms with Crippen LogP contribution in [-0.4, -0.2) is 17.0 Å². The Kier molecular flexibility index (Phi) is 7.09. The summed E-state index contributed by atoms with van der Waals surface area (Å²) in [5.74, 6) is -0.0735. The molecule has 1 rings (SSSR count). The summed E-state index contributed by atoms with van der Waals surface area (Å²) in [5.41, 5.74) is 3.27. The third-order valence-corrected chi connectivity index (χ3v) is 3.68. The van der Waals surface area contributed by atoms with E-state index in [2.05, 4.69) is 45.1 Å². The van der Waals surface area contributed by atoms with Crippen LogP contribution in [0.15, 0.2) is 18.2 Å². The van der Waals surface area contributed by atoms with E-state index in [0.29, 0.717) is 31.1 Å². The van der Waals surface area contributed by atoms with Gasteiger partial charge in [-0.2, -0.15) is 0 Å². The molecule has 22 heavy (non-hydrogen) atoms. The van der Waals surface area contributed by atoms with Gasteiger partial charge in [0, 0.05) is 18.5 Å². The molecule has 1 aromatic carbocycles. The summed E-state index contributed by atoms with van der Waals surface area (Å²) in [7, 11) is 0. The molecule has 0 spiro atoms. The molecule has 1 aromatic rings. The predicted octanol–water partition coefficient (Wildman–Crippen LogP) is 4.52. The number of carbonyl (C=O) groups is 2. The van der Waals surface area contributed by atoms with Crippen molar-refractivity contribution in [2.75, 3.05) is 5.32 Å². The molecule has 4 nitrogen and oxygen atoms in total. The normalized spacial score (nSPS) is 11.0. The first-order valence-corrected chi connectivity index (χ1v) is 7.96. The van der Waals surface area contributed by atoms with Crippen LogP contribution in [0.1, 0.15) is 76.3 Å². The summed E-state index contributed by atoms with van der Waals surface area (Å²) in [5, 5.41) is 11.5. The SMILES string of the molecule is CC(C)c1ccc(NC(=O)CCCCC(=O)O)c(C(C)C)c1. The molecule has 2 N–H and O–H groups in total. The Bertz CT molecular complexity index is 521. The molecule has 0 aliphatic carbocycles. The highest BCUT2D eigenvalue weighted by Gasteiger charge is 2.12. The Morgan fingerprint density at radius 2 is 1.68 bits per heavy atom. The molecule has 0 fully saturated rings. The second-order valence-corrected chi connectivity index (χ2v) is 6.31. The van der Waals surface area contributed by atoms with E-state index in [1.54, 1.807) is 0 Å². The Labute approximate surface area is 132 Å². The molecule has 0 aromatic heterocycles. The minimum Gasteiger partial charge on any atom is -0.481 e. The number of carboxylic acid groups (broad SMARTS) is 1. The van der Waals surface area contributed by atoms with Crippen LogP contribution in [0.4, 0.5) is 5.69 Å². The third kappa shape index (κ3) is 5.88. The standard InChI is InChI=1S/C18H27NO3/c1-12(2)14-9-10-16(15(11-14)13(3)4)19-17(20)7-5-6-8-18(21)22/h9-13H,5-8H2,1-4H3,(H,19,20)(H,21,22). The van der Waals surface area contributed by atoms with Crippen LogP contribution >= 0.6 is 0 Å². The number of nitrogens with one attached hydrogen (secondary N) is 1. The second kappa shape index (κ2) is 8.57. The summed E-state index contributed by atoms with van der Waals surface area (Å²) in [6.45, 7) is 8.53. The molecule has 122 valence electrons. The zero-order chi connectivity index (χ0) is 16.7. The third-order valence-electron chi connectivity index (χ3n) is 3.68. The van der Waals surface area contributed by atoms with Gasteiger partial charge in [0.2, 0.25) is 5.91 Å². The molecular weight excluding hydrogens is 278 g/mol. The Balaban J connectivity index is 2.67. The van der Waals surface area contributed by atoms with Crippen molar-refractivity contribution in [3.8, 4) is 0 Å². The number of unbranched alkanes of at least 4 members (excludes halogenated alkanes) is 1. The fraction of sp³-hybridized carbons (Fsp3) is 0.556. The van der Waals surface area contributed by atoms with Crippen LogP contribution in [0, 0.1) is 0 Å². The zero-order valence-electron chi connectivity index (χ0n) is 14.0. The molecule has 0 aliphatic heterocycles. The highest BCUT2D eigenvalue weighted by Crippen LogP contribution is 2.28. The molecule has 0 saturated carbocycles. The van der Waals surface area contributed by atoms with Crippen molar-refractivity contribution in [1.82, 2.24) is 0 Å². The van der Waals surface area contributed by atoms with Crippen molar-refractivity contribution < 1.29 is 14.7 Å². The molecule has 0 atom stereocenters. The molecule has 4 heteroatoms. The topological polar surface area (TPSA) is 66.4 Å². The number of anilines is 1. The minimum absolute atomic E-state index is 0.0513. The molecule has 0 unspecified atom stereocenters. The Hall–Kier alpha value is -1.84. The quantitative estimate of drug-likeness (QED) is 0.694. The molecule has 0 heterocycles. The average Bonchev–Trinajstić information content (AvgIpc) is 2.43. The van der Waals surface area contributed by atoms with E-state index in [-0.39, 0.29) is 12.3 Å². The van der Waals surface area contributed by atoms with Crippen LogP contribution < -0.4 is 5.32 Å². The number of carboxylic acids is 1. The lowest BCUT2D eigenvalue weighted by atomic mass is 9.94. The van der Waals surface area contributed by atoms with Gasteiger partial charge in [-0.15, -0.1) is 0 Å². The van der Waals surface area contributed by atoms with E-state index in [9.17, 15) is 9.59 Å². The molecule has 0 radical (unpaired) electrons. The molecule has 0 bridgehead atoms. The summed E-state index contributed by atoms with van der Waals surface area (Å²) in [6.07, 6.45) is 1.61. The summed E-state index contributed by atoms with van der Waals surface area (Å²) in [4.78, 5) is 22.4. The fourth-order valence-electron chi connectivity index (χ4n) is 2.31. The summed E-state index contributed by atoms with van der Waals surface area (Å²) >= 11 is 0. The van der Waals surface area contributed by atoms with Gasteiger partial charge >= 0.3 is 5.97 Å². The van der Waals surface area contributed by atoms with Gasteiger partial charge in [0.1, 0.15) is 0 Å². The van der Waals surface area contributed by atoms with E-state index in [1.807, 2.05) is 6.07 Å². The van der Waals surface area contributed by atoms with Crippen molar-refractivity contribution in [1.29, 1.82) is 0 Å². The summed E-state index contributed by atoms with van der Waals surface area (Å²) < 4.78 is 0. The molecule has 1 amide bonds. The lowest BCUT2D eigenvalue weighted by Crippen LogP contribution is -2.13. The molecular formula is C18H27NO3. The van der Waals surface area contributed by atoms with E-state index >= 15 is 0 Å². The van der Waals surface area contributed by atoms with Gasteiger partial charge in [0.05, 0.1) is 0 Å². The molecule has 0 aliphatic rings. The van der Waals surface area contributed by atoms with Gasteiger partial charge in [-0.1, -0.05) is 39.8 Å². The number of hydrogen-bond donors (Lipinski definition) is 2.